The lowest BCUT2D eigenvalue weighted by atomic mass is 9.99. The molecule has 0 aromatic heterocycles. The Morgan fingerprint density at radius 3 is 2.19 bits per heavy atom. The highest BCUT2D eigenvalue weighted by Crippen LogP contribution is 2.40. The predicted molar refractivity (Wildman–Crippen MR) is 190 cm³/mol. The molecule has 1 N–H and O–H groups in total. The molecule has 2 aromatic carbocycles. The smallest absolute Gasteiger partial charge is 0.192 e. The van der Waals surface area contributed by atoms with Crippen molar-refractivity contribution in [2.45, 2.75) is 121 Å². The van der Waals surface area contributed by atoms with Crippen LogP contribution in [0.1, 0.15) is 65.5 Å². The molecular formula is C33H55BrN2O4SSi2. The average Bonchev–Trinajstić information content (AvgIpc) is 2.85. The third-order valence-corrected chi connectivity index (χ3v) is 20.3. The van der Waals surface area contributed by atoms with E-state index in [0.717, 1.165) is 48.3 Å². The minimum atomic E-state index is -3.29. The first-order valence-electron chi connectivity index (χ1n) is 15.5. The van der Waals surface area contributed by atoms with Crippen LogP contribution in [0.25, 0.3) is 0 Å². The van der Waals surface area contributed by atoms with Gasteiger partial charge >= 0.3 is 0 Å². The number of nitrogens with zero attached hydrogens (tertiary/aromatic N) is 1. The number of hydrogen-bond donors (Lipinski definition) is 1. The highest BCUT2D eigenvalue weighted by atomic mass is 79.9. The van der Waals surface area contributed by atoms with Crippen LogP contribution >= 0.6 is 15.9 Å². The Morgan fingerprint density at radius 1 is 0.953 bits per heavy atom. The molecule has 0 radical (unpaired) electrons. The van der Waals surface area contributed by atoms with E-state index in [0.29, 0.717) is 17.5 Å². The summed E-state index contributed by atoms with van der Waals surface area (Å²) in [5, 5.41) is 3.76. The molecule has 0 saturated carbocycles. The standard InChI is InChI=1S/C33H55BrN2O4SSi2/c1-32(2,3)42(8,9)39-24-29-21-30(40-43(10,11)33(4,5)6)15-16-36(29)23-26-14-12-13-25(17-26)22-35-28-18-27(34)19-31(20-28)41(7,37)38/h12-14,17-20,29-30,35H,15-16,21-24H2,1-11H3/t29-,30?/m0/s1. The number of likely N-dealkylation sites (tertiary alicyclic amines) is 1. The van der Waals surface area contributed by atoms with Crippen molar-refractivity contribution in [2.24, 2.45) is 0 Å². The van der Waals surface area contributed by atoms with Gasteiger partial charge in [0.1, 0.15) is 0 Å². The molecule has 10 heteroatoms. The lowest BCUT2D eigenvalue weighted by Crippen LogP contribution is -2.53. The Kier molecular flexibility index (Phi) is 11.7. The fraction of sp³-hybridized carbons (Fsp3) is 0.636. The summed E-state index contributed by atoms with van der Waals surface area (Å²) in [7, 11) is -7.05. The van der Waals surface area contributed by atoms with E-state index in [1.165, 1.54) is 11.8 Å². The minimum Gasteiger partial charge on any atom is -0.415 e. The van der Waals surface area contributed by atoms with Gasteiger partial charge in [-0.1, -0.05) is 81.7 Å². The van der Waals surface area contributed by atoms with Crippen molar-refractivity contribution in [3.05, 3.63) is 58.1 Å². The van der Waals surface area contributed by atoms with Gasteiger partial charge in [0, 0.05) is 54.8 Å². The molecule has 1 aliphatic heterocycles. The van der Waals surface area contributed by atoms with Gasteiger partial charge in [0.2, 0.25) is 0 Å². The molecule has 242 valence electrons. The van der Waals surface area contributed by atoms with Gasteiger partial charge in [0.25, 0.3) is 0 Å². The molecule has 1 saturated heterocycles. The van der Waals surface area contributed by atoms with Gasteiger partial charge in [-0.2, -0.15) is 0 Å². The molecule has 0 bridgehead atoms. The van der Waals surface area contributed by atoms with Crippen molar-refractivity contribution in [1.29, 1.82) is 0 Å². The van der Waals surface area contributed by atoms with E-state index in [4.69, 9.17) is 8.85 Å². The molecule has 1 fully saturated rings. The van der Waals surface area contributed by atoms with Gasteiger partial charge in [-0.3, -0.25) is 4.90 Å². The molecule has 6 nitrogen and oxygen atoms in total. The van der Waals surface area contributed by atoms with Crippen molar-refractivity contribution in [1.82, 2.24) is 4.90 Å². The summed E-state index contributed by atoms with van der Waals surface area (Å²) in [6.07, 6.45) is 3.53. The Bertz CT molecular complexity index is 1350. The number of piperidine rings is 1. The van der Waals surface area contributed by atoms with Gasteiger partial charge in [-0.25, -0.2) is 8.42 Å². The van der Waals surface area contributed by atoms with Crippen LogP contribution in [0.2, 0.25) is 36.3 Å². The first-order chi connectivity index (χ1) is 19.6. The number of sulfone groups is 1. The zero-order valence-corrected chi connectivity index (χ0v) is 32.7. The molecule has 2 aromatic rings. The number of halogens is 1. The largest absolute Gasteiger partial charge is 0.415 e. The van der Waals surface area contributed by atoms with Crippen LogP contribution in [0, 0.1) is 0 Å². The number of rotatable bonds is 11. The van der Waals surface area contributed by atoms with Crippen LogP contribution < -0.4 is 5.32 Å². The van der Waals surface area contributed by atoms with Gasteiger partial charge in [-0.15, -0.1) is 0 Å². The summed E-state index contributed by atoms with van der Waals surface area (Å²) in [4.78, 5) is 2.89. The van der Waals surface area contributed by atoms with Crippen LogP contribution in [-0.2, 0) is 31.8 Å². The van der Waals surface area contributed by atoms with E-state index in [9.17, 15) is 8.42 Å². The maximum absolute atomic E-state index is 12.1. The molecule has 2 atom stereocenters. The lowest BCUT2D eigenvalue weighted by Gasteiger charge is -2.46. The maximum Gasteiger partial charge on any atom is 0.192 e. The lowest BCUT2D eigenvalue weighted by molar-refractivity contribution is 0.0204. The van der Waals surface area contributed by atoms with Crippen molar-refractivity contribution in [3.63, 3.8) is 0 Å². The second-order valence-electron chi connectivity index (χ2n) is 15.3. The first-order valence-corrected chi connectivity index (χ1v) is 24.0. The number of anilines is 1. The number of hydrogen-bond acceptors (Lipinski definition) is 6. The molecule has 0 amide bonds. The highest BCUT2D eigenvalue weighted by molar-refractivity contribution is 9.10. The number of benzene rings is 2. The molecule has 1 unspecified atom stereocenters. The summed E-state index contributed by atoms with van der Waals surface area (Å²) in [6, 6.07) is 14.2. The third-order valence-electron chi connectivity index (χ3n) is 9.67. The molecule has 0 aliphatic carbocycles. The van der Waals surface area contributed by atoms with Gasteiger partial charge in [0.15, 0.2) is 26.5 Å². The molecular weight excluding hydrogens is 657 g/mol. The van der Waals surface area contributed by atoms with E-state index < -0.39 is 26.5 Å². The van der Waals surface area contributed by atoms with E-state index in [-0.39, 0.29) is 16.2 Å². The topological polar surface area (TPSA) is 67.9 Å². The summed E-state index contributed by atoms with van der Waals surface area (Å²) in [6.45, 7) is 26.4. The zero-order chi connectivity index (χ0) is 32.4. The Hall–Kier alpha value is -1.02. The summed E-state index contributed by atoms with van der Waals surface area (Å²) >= 11 is 3.44. The normalized spacial score (nSPS) is 19.4. The Morgan fingerprint density at radius 2 is 1.58 bits per heavy atom. The summed E-state index contributed by atoms with van der Waals surface area (Å²) in [5.74, 6) is 0. The van der Waals surface area contributed by atoms with E-state index in [1.54, 1.807) is 12.1 Å². The highest BCUT2D eigenvalue weighted by Gasteiger charge is 2.42. The molecule has 0 spiro atoms. The average molecular weight is 712 g/mol. The number of nitrogens with one attached hydrogen (secondary N) is 1. The summed E-state index contributed by atoms with van der Waals surface area (Å²) < 4.78 is 38.6. The van der Waals surface area contributed by atoms with Gasteiger partial charge in [-0.05, 0) is 78.4 Å². The van der Waals surface area contributed by atoms with E-state index in [2.05, 4.69) is 118 Å². The van der Waals surface area contributed by atoms with Crippen LogP contribution in [-0.4, -0.2) is 61.5 Å². The van der Waals surface area contributed by atoms with Crippen LogP contribution in [0.5, 0.6) is 0 Å². The second-order valence-corrected chi connectivity index (χ2v) is 27.8. The molecule has 3 rings (SSSR count). The van der Waals surface area contributed by atoms with Crippen molar-refractivity contribution < 1.29 is 17.3 Å². The summed E-state index contributed by atoms with van der Waals surface area (Å²) in [5.41, 5.74) is 3.20. The van der Waals surface area contributed by atoms with Crippen LogP contribution in [0.3, 0.4) is 0 Å². The third kappa shape index (κ3) is 10.2. The minimum absolute atomic E-state index is 0.168. The predicted octanol–water partition coefficient (Wildman–Crippen LogP) is 8.84. The van der Waals surface area contributed by atoms with Crippen molar-refractivity contribution >= 4 is 48.1 Å². The van der Waals surface area contributed by atoms with E-state index in [1.807, 2.05) is 6.07 Å². The van der Waals surface area contributed by atoms with Crippen LogP contribution in [0.15, 0.2) is 51.8 Å². The van der Waals surface area contributed by atoms with Crippen molar-refractivity contribution in [2.75, 3.05) is 24.7 Å². The van der Waals surface area contributed by atoms with E-state index >= 15 is 0 Å². The molecule has 43 heavy (non-hydrogen) atoms. The monoisotopic (exact) mass is 710 g/mol. The fourth-order valence-corrected chi connectivity index (χ4v) is 8.59. The quantitative estimate of drug-likeness (QED) is 0.235. The Balaban J connectivity index is 1.75. The SMILES string of the molecule is CC(C)(C)[Si](C)(C)OC[C@@H]1CC(O[Si](C)(C)C(C)(C)C)CCN1Cc1cccc(CNc2cc(Br)cc(S(C)(=O)=O)c2)c1. The van der Waals surface area contributed by atoms with Gasteiger partial charge in [0.05, 0.1) is 4.90 Å². The van der Waals surface area contributed by atoms with Crippen molar-refractivity contribution in [3.8, 4) is 0 Å². The van der Waals surface area contributed by atoms with Gasteiger partial charge < -0.3 is 14.2 Å². The molecule has 1 aliphatic rings. The maximum atomic E-state index is 12.1. The Labute approximate surface area is 272 Å². The zero-order valence-electron chi connectivity index (χ0n) is 28.3. The molecule has 1 heterocycles. The van der Waals surface area contributed by atoms with Crippen LogP contribution in [0.4, 0.5) is 5.69 Å². The fourth-order valence-electron chi connectivity index (χ4n) is 4.82. The second kappa shape index (κ2) is 13.8. The first kappa shape index (κ1) is 36.5.